The van der Waals surface area contributed by atoms with Crippen molar-refractivity contribution < 1.29 is 4.42 Å². The first kappa shape index (κ1) is 32.7. The van der Waals surface area contributed by atoms with Crippen LogP contribution in [0.5, 0.6) is 0 Å². The SMILES string of the molecule is c1ccc2cc(-c3ccc(-c4nc(-c5cc(-c6cccc7oc8ccccc8c67)c6ccccc6c5)nc(-c5ccc6c(c5)sc5ccccc56)n4)cc3)ccc2c1. The summed E-state index contributed by atoms with van der Waals surface area (Å²) in [5.41, 5.74) is 9.04. The van der Waals surface area contributed by atoms with Crippen LogP contribution in [0, 0.1) is 0 Å². The maximum Gasteiger partial charge on any atom is 0.164 e. The minimum Gasteiger partial charge on any atom is -0.456 e. The van der Waals surface area contributed by atoms with Gasteiger partial charge in [-0.1, -0.05) is 146 Å². The molecule has 0 atom stereocenters. The van der Waals surface area contributed by atoms with Gasteiger partial charge < -0.3 is 4.42 Å². The summed E-state index contributed by atoms with van der Waals surface area (Å²) in [6.45, 7) is 0. The molecular weight excluding hydrogens is 727 g/mol. The van der Waals surface area contributed by atoms with Crippen LogP contribution in [-0.2, 0) is 0 Å². The monoisotopic (exact) mass is 757 g/mol. The first-order valence-electron chi connectivity index (χ1n) is 19.4. The van der Waals surface area contributed by atoms with Gasteiger partial charge in [0.05, 0.1) is 0 Å². The number of rotatable bonds is 5. The zero-order chi connectivity index (χ0) is 38.2. The quantitative estimate of drug-likeness (QED) is 0.175. The number of benzene rings is 9. The van der Waals surface area contributed by atoms with E-state index in [1.807, 2.05) is 18.2 Å². The van der Waals surface area contributed by atoms with Crippen molar-refractivity contribution in [1.82, 2.24) is 15.0 Å². The minimum absolute atomic E-state index is 0.617. The van der Waals surface area contributed by atoms with Gasteiger partial charge in [0.1, 0.15) is 11.2 Å². The lowest BCUT2D eigenvalue weighted by Gasteiger charge is -2.13. The first-order chi connectivity index (χ1) is 28.7. The van der Waals surface area contributed by atoms with Crippen molar-refractivity contribution in [3.05, 3.63) is 188 Å². The Bertz CT molecular complexity index is 3580. The first-order valence-corrected chi connectivity index (χ1v) is 20.2. The average Bonchev–Trinajstić information content (AvgIpc) is 3.87. The van der Waals surface area contributed by atoms with Gasteiger partial charge in [0.25, 0.3) is 0 Å². The Labute approximate surface area is 337 Å². The molecule has 0 fully saturated rings. The van der Waals surface area contributed by atoms with E-state index in [1.54, 1.807) is 11.3 Å². The molecule has 0 aliphatic rings. The van der Waals surface area contributed by atoms with Crippen LogP contribution >= 0.6 is 11.3 Å². The Morgan fingerprint density at radius 2 is 0.931 bits per heavy atom. The molecule has 12 aromatic rings. The largest absolute Gasteiger partial charge is 0.456 e. The van der Waals surface area contributed by atoms with Gasteiger partial charge in [0.2, 0.25) is 0 Å². The van der Waals surface area contributed by atoms with Gasteiger partial charge in [-0.2, -0.15) is 0 Å². The highest BCUT2D eigenvalue weighted by Crippen LogP contribution is 2.42. The topological polar surface area (TPSA) is 51.8 Å². The number of hydrogen-bond donors (Lipinski definition) is 0. The lowest BCUT2D eigenvalue weighted by atomic mass is 9.92. The standard InChI is InChI=1S/C53H31N3OS/c1-2-11-35-28-36(25-22-32(35)10-1)33-20-23-34(24-21-33)51-54-52(38-26-27-42-41-14-6-8-19-48(41)58-49(42)31-38)56-53(55-51)39-29-37-12-3-4-13-40(37)45(30-39)43-16-9-18-47-50(43)44-15-5-7-17-46(44)57-47/h1-31H. The molecule has 0 bridgehead atoms. The summed E-state index contributed by atoms with van der Waals surface area (Å²) < 4.78 is 8.81. The second-order valence-corrected chi connectivity index (χ2v) is 15.9. The number of furan rings is 1. The van der Waals surface area contributed by atoms with Crippen LogP contribution in [0.15, 0.2) is 192 Å². The van der Waals surface area contributed by atoms with E-state index in [9.17, 15) is 0 Å². The van der Waals surface area contributed by atoms with Crippen LogP contribution in [0.25, 0.3) is 120 Å². The van der Waals surface area contributed by atoms with E-state index in [0.29, 0.717) is 17.5 Å². The highest BCUT2D eigenvalue weighted by atomic mass is 32.1. The summed E-state index contributed by atoms with van der Waals surface area (Å²) in [7, 11) is 0. The number of para-hydroxylation sites is 1. The predicted molar refractivity (Wildman–Crippen MR) is 242 cm³/mol. The molecule has 0 aliphatic heterocycles. The second kappa shape index (κ2) is 13.1. The summed E-state index contributed by atoms with van der Waals surface area (Å²) in [5, 5.41) is 9.40. The van der Waals surface area contributed by atoms with Crippen molar-refractivity contribution in [2.45, 2.75) is 0 Å². The molecule has 0 amide bonds. The summed E-state index contributed by atoms with van der Waals surface area (Å²) in [4.78, 5) is 15.7. The molecule has 0 saturated carbocycles. The van der Waals surface area contributed by atoms with Gasteiger partial charge in [-0.3, -0.25) is 0 Å². The van der Waals surface area contributed by atoms with Crippen molar-refractivity contribution >= 4 is 75.0 Å². The van der Waals surface area contributed by atoms with E-state index in [2.05, 4.69) is 170 Å². The third-order valence-corrected chi connectivity index (χ3v) is 12.4. The minimum atomic E-state index is 0.617. The molecule has 9 aromatic carbocycles. The molecule has 0 N–H and O–H groups in total. The Balaban J connectivity index is 1.05. The normalized spacial score (nSPS) is 11.8. The smallest absolute Gasteiger partial charge is 0.164 e. The molecule has 4 nitrogen and oxygen atoms in total. The van der Waals surface area contributed by atoms with E-state index in [0.717, 1.165) is 66.1 Å². The van der Waals surface area contributed by atoms with Gasteiger partial charge in [0, 0.05) is 47.6 Å². The molecule has 3 aromatic heterocycles. The Morgan fingerprint density at radius 3 is 1.79 bits per heavy atom. The molecule has 12 rings (SSSR count). The fourth-order valence-corrected chi connectivity index (χ4v) is 9.62. The summed E-state index contributed by atoms with van der Waals surface area (Å²) in [5.74, 6) is 1.88. The number of fused-ring (bicyclic) bond motifs is 8. The highest BCUT2D eigenvalue weighted by molar-refractivity contribution is 7.25. The van der Waals surface area contributed by atoms with E-state index in [1.165, 1.54) is 36.5 Å². The second-order valence-electron chi connectivity index (χ2n) is 14.8. The van der Waals surface area contributed by atoms with Crippen molar-refractivity contribution in [2.75, 3.05) is 0 Å². The number of aromatic nitrogens is 3. The van der Waals surface area contributed by atoms with Gasteiger partial charge >= 0.3 is 0 Å². The highest BCUT2D eigenvalue weighted by Gasteiger charge is 2.19. The van der Waals surface area contributed by atoms with Gasteiger partial charge in [-0.05, 0) is 86.3 Å². The molecule has 0 saturated heterocycles. The predicted octanol–water partition coefficient (Wildman–Crippen LogP) is 14.8. The van der Waals surface area contributed by atoms with Gasteiger partial charge in [-0.15, -0.1) is 11.3 Å². The molecule has 0 radical (unpaired) electrons. The average molecular weight is 758 g/mol. The fourth-order valence-electron chi connectivity index (χ4n) is 8.47. The van der Waals surface area contributed by atoms with Gasteiger partial charge in [-0.25, -0.2) is 15.0 Å². The molecule has 5 heteroatoms. The fraction of sp³-hybridized carbons (Fsp3) is 0. The zero-order valence-corrected chi connectivity index (χ0v) is 31.9. The zero-order valence-electron chi connectivity index (χ0n) is 31.1. The van der Waals surface area contributed by atoms with Crippen LogP contribution in [0.1, 0.15) is 0 Å². The molecule has 0 aliphatic carbocycles. The third kappa shape index (κ3) is 5.40. The van der Waals surface area contributed by atoms with Crippen LogP contribution < -0.4 is 0 Å². The van der Waals surface area contributed by atoms with Crippen molar-refractivity contribution in [3.8, 4) is 56.4 Å². The van der Waals surface area contributed by atoms with Crippen LogP contribution in [0.3, 0.4) is 0 Å². The maximum absolute atomic E-state index is 6.34. The van der Waals surface area contributed by atoms with Crippen molar-refractivity contribution in [1.29, 1.82) is 0 Å². The lowest BCUT2D eigenvalue weighted by Crippen LogP contribution is -2.00. The van der Waals surface area contributed by atoms with Crippen LogP contribution in [0.2, 0.25) is 0 Å². The Kier molecular flexibility index (Phi) is 7.37. The maximum atomic E-state index is 6.34. The van der Waals surface area contributed by atoms with E-state index >= 15 is 0 Å². The molecule has 0 unspecified atom stereocenters. The number of thiophene rings is 1. The molecule has 3 heterocycles. The van der Waals surface area contributed by atoms with E-state index < -0.39 is 0 Å². The number of hydrogen-bond acceptors (Lipinski definition) is 5. The molecule has 0 spiro atoms. The van der Waals surface area contributed by atoms with Crippen LogP contribution in [0.4, 0.5) is 0 Å². The Morgan fingerprint density at radius 1 is 0.328 bits per heavy atom. The van der Waals surface area contributed by atoms with Crippen molar-refractivity contribution in [2.24, 2.45) is 0 Å². The van der Waals surface area contributed by atoms with E-state index in [4.69, 9.17) is 19.4 Å². The number of nitrogens with zero attached hydrogens (tertiary/aromatic N) is 3. The van der Waals surface area contributed by atoms with Gasteiger partial charge in [0.15, 0.2) is 17.5 Å². The summed E-state index contributed by atoms with van der Waals surface area (Å²) in [6, 6.07) is 66.4. The Hall–Kier alpha value is -7.47. The molecule has 58 heavy (non-hydrogen) atoms. The van der Waals surface area contributed by atoms with Crippen LogP contribution in [-0.4, -0.2) is 15.0 Å². The van der Waals surface area contributed by atoms with E-state index in [-0.39, 0.29) is 0 Å². The summed E-state index contributed by atoms with van der Waals surface area (Å²) >= 11 is 1.80. The molecular formula is C53H31N3OS. The third-order valence-electron chi connectivity index (χ3n) is 11.3. The van der Waals surface area contributed by atoms with Crippen molar-refractivity contribution in [3.63, 3.8) is 0 Å². The molecule has 270 valence electrons. The lowest BCUT2D eigenvalue weighted by molar-refractivity contribution is 0.669. The summed E-state index contributed by atoms with van der Waals surface area (Å²) in [6.07, 6.45) is 0.